The number of hydrogen-bond acceptors (Lipinski definition) is 18. The first-order chi connectivity index (χ1) is 45.0. The van der Waals surface area contributed by atoms with Gasteiger partial charge in [-0.05, 0) is 219 Å². The van der Waals surface area contributed by atoms with E-state index in [-0.39, 0.29) is 43.0 Å². The number of aliphatic carboxylic acids is 1. The molecule has 1 aliphatic rings. The number of nitrogens with two attached hydrogens (primary N) is 1. The number of amides is 8. The van der Waals surface area contributed by atoms with E-state index in [1.165, 1.54) is 6.92 Å². The second-order valence-corrected chi connectivity index (χ2v) is 33.2. The van der Waals surface area contributed by atoms with Gasteiger partial charge < -0.3 is 81.8 Å². The number of carbonyl (C=O) groups excluding carboxylic acids is 8. The lowest BCUT2D eigenvalue weighted by atomic mass is 9.88. The molecule has 0 fully saturated rings. The van der Waals surface area contributed by atoms with Gasteiger partial charge >= 0.3 is 12.1 Å². The number of ether oxygens (including phenoxy) is 6. The minimum absolute atomic E-state index is 0.0223. The molecule has 1 aromatic rings. The predicted molar refractivity (Wildman–Crippen MR) is 376 cm³/mol. The zero-order valence-electron chi connectivity index (χ0n) is 63.7. The van der Waals surface area contributed by atoms with Gasteiger partial charge in [0.05, 0.1) is 59.3 Å². The number of rotatable bonds is 34. The Labute approximate surface area is 587 Å². The largest absolute Gasteiger partial charge is 0.487 e. The van der Waals surface area contributed by atoms with Crippen molar-refractivity contribution in [3.05, 3.63) is 22.3 Å². The second-order valence-electron chi connectivity index (χ2n) is 31.6. The van der Waals surface area contributed by atoms with Crippen LogP contribution < -0.4 is 57.7 Å². The van der Waals surface area contributed by atoms with Crippen LogP contribution in [0.15, 0.2) is 9.89 Å². The molecule has 0 saturated heterocycles. The summed E-state index contributed by atoms with van der Waals surface area (Å²) < 4.78 is 66.2. The molecule has 29 nitrogen and oxygen atoms in total. The van der Waals surface area contributed by atoms with E-state index in [2.05, 4.69) is 52.2 Å². The van der Waals surface area contributed by atoms with Crippen molar-refractivity contribution in [3.63, 3.8) is 0 Å². The number of fused-ring (bicyclic) bond motifs is 1. The van der Waals surface area contributed by atoms with Crippen molar-refractivity contribution < 1.29 is 85.1 Å². The number of carboxylic acids is 1. The fourth-order valence-electron chi connectivity index (χ4n) is 10.5. The number of nitrogens with one attached hydrogen (secondary N) is 9. The van der Waals surface area contributed by atoms with Gasteiger partial charge in [0.15, 0.2) is 6.04 Å². The third kappa shape index (κ3) is 31.3. The number of carbonyl (C=O) groups is 9. The van der Waals surface area contributed by atoms with E-state index < -0.39 is 183 Å². The summed E-state index contributed by atoms with van der Waals surface area (Å²) in [4.78, 5) is 131. The first kappa shape index (κ1) is 88.2. The molecule has 10 atom stereocenters. The van der Waals surface area contributed by atoms with Crippen LogP contribution in [0.1, 0.15) is 214 Å². The third-order valence-electron chi connectivity index (χ3n) is 15.5. The van der Waals surface area contributed by atoms with Crippen molar-refractivity contribution in [2.24, 2.45) is 22.6 Å². The maximum Gasteiger partial charge on any atom is 0.408 e. The highest BCUT2D eigenvalue weighted by molar-refractivity contribution is 7.90. The van der Waals surface area contributed by atoms with Crippen LogP contribution >= 0.6 is 0 Å². The molecule has 0 bridgehead atoms. The molecular formula is C69H121N11O18S. The number of sulfonamides is 1. The molecule has 566 valence electrons. The van der Waals surface area contributed by atoms with E-state index in [1.54, 1.807) is 159 Å². The summed E-state index contributed by atoms with van der Waals surface area (Å²) in [6.45, 7) is 43.1. The molecule has 0 unspecified atom stereocenters. The molecule has 8 amide bonds. The van der Waals surface area contributed by atoms with Gasteiger partial charge in [-0.3, -0.25) is 38.6 Å². The van der Waals surface area contributed by atoms with Crippen molar-refractivity contribution in [1.82, 2.24) is 47.3 Å². The molecule has 2 rings (SSSR count). The number of alkyl carbamates (subject to hydrolysis) is 1. The highest BCUT2D eigenvalue weighted by Gasteiger charge is 2.40. The van der Waals surface area contributed by atoms with E-state index in [9.17, 15) is 51.9 Å². The Hall–Kier alpha value is -6.89. The van der Waals surface area contributed by atoms with Crippen LogP contribution in [0.5, 0.6) is 5.75 Å². The second kappa shape index (κ2) is 36.6. The van der Waals surface area contributed by atoms with Gasteiger partial charge in [0.1, 0.15) is 53.2 Å². The number of benzene rings is 1. The Balaban J connectivity index is 2.69. The monoisotopic (exact) mass is 1420 g/mol. The average Bonchev–Trinajstić information content (AvgIpc) is 0.746. The number of nitrogens with zero attached hydrogens (tertiary/aromatic N) is 1. The molecule has 0 aliphatic carbocycles. The highest BCUT2D eigenvalue weighted by Crippen LogP contribution is 2.42. The van der Waals surface area contributed by atoms with E-state index >= 15 is 4.79 Å². The molecule has 12 N–H and O–H groups in total. The van der Waals surface area contributed by atoms with Gasteiger partial charge in [0, 0.05) is 6.54 Å². The smallest absolute Gasteiger partial charge is 0.408 e. The summed E-state index contributed by atoms with van der Waals surface area (Å²) in [7, 11) is -4.33. The van der Waals surface area contributed by atoms with Crippen LogP contribution in [0.4, 0.5) is 4.79 Å². The normalized spacial score (nSPS) is 16.8. The van der Waals surface area contributed by atoms with Gasteiger partial charge in [-0.15, -0.1) is 0 Å². The Morgan fingerprint density at radius 3 is 1.57 bits per heavy atom. The molecule has 99 heavy (non-hydrogen) atoms. The number of aliphatic imine (C=N–C) groups is 1. The summed E-state index contributed by atoms with van der Waals surface area (Å²) >= 11 is 0. The van der Waals surface area contributed by atoms with Crippen LogP contribution in [-0.2, 0) is 78.5 Å². The summed E-state index contributed by atoms with van der Waals surface area (Å²) in [5, 5.41) is 30.9. The van der Waals surface area contributed by atoms with Gasteiger partial charge in [0.2, 0.25) is 47.3 Å². The Kier molecular flexibility index (Phi) is 32.6. The van der Waals surface area contributed by atoms with Gasteiger partial charge in [-0.1, -0.05) is 34.1 Å². The molecule has 1 aromatic carbocycles. The minimum atomic E-state index is -4.33. The van der Waals surface area contributed by atoms with Crippen LogP contribution in [0.3, 0.4) is 0 Å². The molecule has 1 heterocycles. The first-order valence-electron chi connectivity index (χ1n) is 34.1. The third-order valence-corrected chi connectivity index (χ3v) is 17.1. The molecule has 0 saturated carbocycles. The maximum atomic E-state index is 15.0. The van der Waals surface area contributed by atoms with Gasteiger partial charge in [-0.2, -0.15) is 0 Å². The molecule has 0 spiro atoms. The Morgan fingerprint density at radius 2 is 1.07 bits per heavy atom. The molecule has 0 radical (unpaired) electrons. The van der Waals surface area contributed by atoms with E-state index in [4.69, 9.17) is 34.2 Å². The summed E-state index contributed by atoms with van der Waals surface area (Å²) in [6, 6.07) is -10.2. The van der Waals surface area contributed by atoms with Crippen molar-refractivity contribution >= 4 is 69.4 Å². The van der Waals surface area contributed by atoms with Crippen molar-refractivity contribution in [1.29, 1.82) is 0 Å². The lowest BCUT2D eigenvalue weighted by Gasteiger charge is -2.35. The zero-order valence-corrected chi connectivity index (χ0v) is 64.6. The quantitative estimate of drug-likeness (QED) is 0.0239. The van der Waals surface area contributed by atoms with Gasteiger partial charge in [-0.25, -0.2) is 22.7 Å². The number of guanidine groups is 1. The number of hydrogen-bond donors (Lipinski definition) is 11. The topological polar surface area (TPSA) is 410 Å². The Morgan fingerprint density at radius 1 is 0.596 bits per heavy atom. The summed E-state index contributed by atoms with van der Waals surface area (Å²) in [5.74, 6) is -8.29. The minimum Gasteiger partial charge on any atom is -0.487 e. The van der Waals surface area contributed by atoms with Crippen LogP contribution in [0.25, 0.3) is 0 Å². The highest BCUT2D eigenvalue weighted by atomic mass is 32.2. The lowest BCUT2D eigenvalue weighted by Crippen LogP contribution is -2.62. The zero-order chi connectivity index (χ0) is 76.5. The van der Waals surface area contributed by atoms with Crippen LogP contribution in [0, 0.1) is 32.6 Å². The fraction of sp³-hybridized carbons (Fsp3) is 0.768. The predicted octanol–water partition coefficient (Wildman–Crippen LogP) is 5.22. The number of carboxylic acid groups (broad SMARTS) is 1. The molecule has 1 aliphatic heterocycles. The van der Waals surface area contributed by atoms with E-state index in [0.717, 1.165) is 5.56 Å². The van der Waals surface area contributed by atoms with Crippen molar-refractivity contribution in [2.45, 2.75) is 312 Å². The van der Waals surface area contributed by atoms with Gasteiger partial charge in [0.25, 0.3) is 10.0 Å². The Bertz CT molecular complexity index is 3120. The standard InChI is InChI=1S/C69H121N11O18S/c1-27-38(4)50(59(86)78-51(42(8)95-66(16,17)18)58(85)72-34-49(81)73-47(35-93-64(10,11)12)57(84)76-48(61(88)89)36-94-65(13,14)15)77-55(82)45(29-28-32-71-62(70)80-99(91,92)54-40(6)39(5)53-44(41(54)7)30-31-69(25,26)97-53)74-56(83)46(33-37(2)3)75-60(87)52(43(9)96-67(19,20)21)79-63(90)98-68(22,23)24/h37-38,42-43,45-48,50-52H,27-36H2,1-26H3,(H,72,85)(H,73,81)(H,74,83)(H,75,87)(H,76,84)(H,77,82)(H,78,86)(H,79,90)(H,88,89)(H3,70,71,80)/t38-,42-,43+,45+,46-,47-,48-,50-,51-,52-/m0/s1. The van der Waals surface area contributed by atoms with E-state index in [1.807, 2.05) is 13.8 Å². The van der Waals surface area contributed by atoms with Crippen molar-refractivity contribution in [3.8, 4) is 5.75 Å². The first-order valence-corrected chi connectivity index (χ1v) is 35.5. The SMILES string of the molecule is CC[C@H](C)[C@H](NC(=O)[C@@H](CCCN=C(N)NS(=O)(=O)c1c(C)c(C)c2c(c1C)CCC(C)(C)O2)NC(=O)[C@H](CC(C)C)NC(=O)[C@@H](NC(=O)OC(C)(C)C)[C@@H](C)OC(C)(C)C)C(=O)N[C@H](C(=O)NCC(=O)N[C@@H](COC(C)(C)C)C(=O)N[C@@H](COC(C)(C)C)C(=O)O)[C@H](C)OC(C)(C)C. The fourth-order valence-corrected chi connectivity index (χ4v) is 12.0. The molecular weight excluding hydrogens is 1300 g/mol. The lowest BCUT2D eigenvalue weighted by molar-refractivity contribution is -0.146. The van der Waals surface area contributed by atoms with E-state index in [0.29, 0.717) is 35.3 Å². The van der Waals surface area contributed by atoms with Crippen molar-refractivity contribution in [2.75, 3.05) is 26.3 Å². The maximum absolute atomic E-state index is 15.0. The molecule has 30 heteroatoms. The molecule has 0 aromatic heterocycles. The summed E-state index contributed by atoms with van der Waals surface area (Å²) in [6.07, 6.45) is -1.70. The summed E-state index contributed by atoms with van der Waals surface area (Å²) in [5.41, 5.74) is 4.05. The van der Waals surface area contributed by atoms with Crippen LogP contribution in [-0.4, -0.2) is 187 Å². The average molecular weight is 1420 g/mol. The van der Waals surface area contributed by atoms with Crippen LogP contribution in [0.2, 0.25) is 0 Å².